The standard InChI is InChI=1S/C20H25N5O2/c1-13-4-2-3-5-15-11-16(8-9-21-15)23-19-12-18(24-25-19)14-6-7-17(10-14)27-20(26)22-13/h3,5,8-9,11-14,17H,2,4,6-7,10H2,1H3,(H,22,26)(H2,23,24,25)/b5-3+/t13-,14-,17+/m0/s1. The van der Waals surface area contributed by atoms with Crippen molar-refractivity contribution in [2.75, 3.05) is 5.32 Å². The second-order valence-corrected chi connectivity index (χ2v) is 7.37. The number of hydrogen-bond acceptors (Lipinski definition) is 5. The smallest absolute Gasteiger partial charge is 0.407 e. The van der Waals surface area contributed by atoms with Gasteiger partial charge in [-0.25, -0.2) is 4.79 Å². The molecule has 0 radical (unpaired) electrons. The van der Waals surface area contributed by atoms with E-state index in [1.165, 1.54) is 0 Å². The van der Waals surface area contributed by atoms with Gasteiger partial charge in [0.15, 0.2) is 5.82 Å². The van der Waals surface area contributed by atoms with Crippen LogP contribution in [0.4, 0.5) is 16.3 Å². The zero-order valence-electron chi connectivity index (χ0n) is 15.4. The van der Waals surface area contributed by atoms with Gasteiger partial charge in [-0.3, -0.25) is 10.1 Å². The third kappa shape index (κ3) is 4.48. The Morgan fingerprint density at radius 3 is 3.07 bits per heavy atom. The maximum atomic E-state index is 12.1. The van der Waals surface area contributed by atoms with Crippen molar-refractivity contribution in [3.05, 3.63) is 41.9 Å². The SMILES string of the molecule is C[C@H]1CC/C=C/c2cc(ccn2)Nc2cc([nH]n2)[C@H]2CC[C@H](C2)OC(=O)N1. The van der Waals surface area contributed by atoms with Gasteiger partial charge in [0.25, 0.3) is 0 Å². The number of carbonyl (C=O) groups is 1. The van der Waals surface area contributed by atoms with Gasteiger partial charge in [0.2, 0.25) is 0 Å². The van der Waals surface area contributed by atoms with Gasteiger partial charge >= 0.3 is 6.09 Å². The number of pyridine rings is 1. The van der Waals surface area contributed by atoms with E-state index in [2.05, 4.69) is 31.9 Å². The molecule has 0 aromatic carbocycles. The fourth-order valence-corrected chi connectivity index (χ4v) is 3.71. The Labute approximate surface area is 158 Å². The van der Waals surface area contributed by atoms with E-state index >= 15 is 0 Å². The molecule has 3 heterocycles. The van der Waals surface area contributed by atoms with Crippen LogP contribution in [0, 0.1) is 0 Å². The summed E-state index contributed by atoms with van der Waals surface area (Å²) in [5.74, 6) is 1.11. The normalized spacial score (nSPS) is 26.9. The van der Waals surface area contributed by atoms with Gasteiger partial charge < -0.3 is 15.4 Å². The Bertz CT molecular complexity index is 831. The number of carbonyl (C=O) groups excluding carboxylic acids is 1. The molecule has 142 valence electrons. The van der Waals surface area contributed by atoms with Crippen LogP contribution >= 0.6 is 0 Å². The molecule has 1 aliphatic carbocycles. The minimum absolute atomic E-state index is 0.0385. The molecule has 27 heavy (non-hydrogen) atoms. The molecule has 7 heteroatoms. The van der Waals surface area contributed by atoms with Crippen LogP contribution in [0.5, 0.6) is 0 Å². The van der Waals surface area contributed by atoms with E-state index in [1.807, 2.05) is 31.2 Å². The summed E-state index contributed by atoms with van der Waals surface area (Å²) in [4.78, 5) is 16.5. The average molecular weight is 367 g/mol. The Hall–Kier alpha value is -2.83. The van der Waals surface area contributed by atoms with Gasteiger partial charge in [-0.2, -0.15) is 5.10 Å². The minimum Gasteiger partial charge on any atom is -0.446 e. The van der Waals surface area contributed by atoms with E-state index in [9.17, 15) is 4.79 Å². The first kappa shape index (κ1) is 17.6. The molecular formula is C20H25N5O2. The number of alkyl carbamates (subject to hydrolysis) is 1. The fraction of sp³-hybridized carbons (Fsp3) is 0.450. The lowest BCUT2D eigenvalue weighted by Gasteiger charge is -2.16. The van der Waals surface area contributed by atoms with Gasteiger partial charge in [0.1, 0.15) is 6.10 Å². The molecule has 1 saturated carbocycles. The Balaban J connectivity index is 1.56. The molecule has 4 rings (SSSR count). The highest BCUT2D eigenvalue weighted by Gasteiger charge is 2.30. The van der Waals surface area contributed by atoms with Gasteiger partial charge in [-0.05, 0) is 57.2 Å². The lowest BCUT2D eigenvalue weighted by Crippen LogP contribution is -2.34. The number of aromatic amines is 1. The first-order valence-corrected chi connectivity index (χ1v) is 9.58. The molecule has 1 fully saturated rings. The number of H-pyrrole nitrogens is 1. The van der Waals surface area contributed by atoms with E-state index in [0.717, 1.165) is 55.0 Å². The highest BCUT2D eigenvalue weighted by molar-refractivity contribution is 5.67. The maximum absolute atomic E-state index is 12.1. The van der Waals surface area contributed by atoms with Crippen molar-refractivity contribution in [3.63, 3.8) is 0 Å². The van der Waals surface area contributed by atoms with Crippen LogP contribution in [-0.4, -0.2) is 33.4 Å². The summed E-state index contributed by atoms with van der Waals surface area (Å²) in [5, 5.41) is 13.8. The summed E-state index contributed by atoms with van der Waals surface area (Å²) in [5.41, 5.74) is 2.92. The molecule has 2 aromatic heterocycles. The average Bonchev–Trinajstić information content (AvgIpc) is 3.28. The molecule has 7 nitrogen and oxygen atoms in total. The molecule has 1 aliphatic heterocycles. The van der Waals surface area contributed by atoms with Crippen LogP contribution in [-0.2, 0) is 4.74 Å². The number of aromatic nitrogens is 3. The van der Waals surface area contributed by atoms with Crippen LogP contribution in [0.1, 0.15) is 56.3 Å². The van der Waals surface area contributed by atoms with Crippen LogP contribution in [0.3, 0.4) is 0 Å². The largest absolute Gasteiger partial charge is 0.446 e. The summed E-state index contributed by atoms with van der Waals surface area (Å²) in [7, 11) is 0. The lowest BCUT2D eigenvalue weighted by molar-refractivity contribution is 0.0973. The van der Waals surface area contributed by atoms with Gasteiger partial charge in [0.05, 0.1) is 5.69 Å². The van der Waals surface area contributed by atoms with Gasteiger partial charge in [-0.1, -0.05) is 6.08 Å². The summed E-state index contributed by atoms with van der Waals surface area (Å²) in [6.07, 6.45) is 9.90. The molecule has 1 amide bonds. The highest BCUT2D eigenvalue weighted by Crippen LogP contribution is 2.36. The van der Waals surface area contributed by atoms with Gasteiger partial charge in [0, 0.05) is 35.6 Å². The first-order chi connectivity index (χ1) is 13.2. The number of nitrogens with one attached hydrogen (secondary N) is 3. The number of fused-ring (bicyclic) bond motifs is 7. The van der Waals surface area contributed by atoms with Crippen molar-refractivity contribution in [2.45, 2.75) is 57.1 Å². The lowest BCUT2D eigenvalue weighted by atomic mass is 10.0. The number of anilines is 2. The monoisotopic (exact) mass is 367 g/mol. The summed E-state index contributed by atoms with van der Waals surface area (Å²) < 4.78 is 5.61. The fourth-order valence-electron chi connectivity index (χ4n) is 3.71. The van der Waals surface area contributed by atoms with Crippen molar-refractivity contribution in [2.24, 2.45) is 0 Å². The van der Waals surface area contributed by atoms with E-state index < -0.39 is 0 Å². The maximum Gasteiger partial charge on any atom is 0.407 e. The summed E-state index contributed by atoms with van der Waals surface area (Å²) in [6.45, 7) is 2.00. The number of ether oxygens (including phenoxy) is 1. The van der Waals surface area contributed by atoms with Crippen molar-refractivity contribution >= 4 is 23.7 Å². The zero-order chi connectivity index (χ0) is 18.6. The van der Waals surface area contributed by atoms with Crippen LogP contribution < -0.4 is 10.6 Å². The van der Waals surface area contributed by atoms with Crippen molar-refractivity contribution < 1.29 is 9.53 Å². The molecule has 3 N–H and O–H groups in total. The molecule has 6 bridgehead atoms. The third-order valence-corrected chi connectivity index (χ3v) is 5.17. The molecule has 0 saturated heterocycles. The van der Waals surface area contributed by atoms with Crippen LogP contribution in [0.25, 0.3) is 6.08 Å². The van der Waals surface area contributed by atoms with Crippen LogP contribution in [0.15, 0.2) is 30.5 Å². The summed E-state index contributed by atoms with van der Waals surface area (Å²) in [6, 6.07) is 6.03. The van der Waals surface area contributed by atoms with E-state index in [0.29, 0.717) is 5.92 Å². The number of amides is 1. The molecule has 2 aromatic rings. The quantitative estimate of drug-likeness (QED) is 0.652. The van der Waals surface area contributed by atoms with Crippen molar-refractivity contribution in [1.29, 1.82) is 0 Å². The number of allylic oxidation sites excluding steroid dienone is 1. The second kappa shape index (κ2) is 7.82. The molecular weight excluding hydrogens is 342 g/mol. The van der Waals surface area contributed by atoms with Crippen LogP contribution in [0.2, 0.25) is 0 Å². The molecule has 0 spiro atoms. The Morgan fingerprint density at radius 2 is 2.15 bits per heavy atom. The topological polar surface area (TPSA) is 91.9 Å². The second-order valence-electron chi connectivity index (χ2n) is 7.37. The van der Waals surface area contributed by atoms with E-state index in [-0.39, 0.29) is 18.2 Å². The first-order valence-electron chi connectivity index (χ1n) is 9.58. The van der Waals surface area contributed by atoms with E-state index in [4.69, 9.17) is 4.74 Å². The predicted molar refractivity (Wildman–Crippen MR) is 104 cm³/mol. The molecule has 2 aliphatic rings. The number of hydrogen-bond donors (Lipinski definition) is 3. The van der Waals surface area contributed by atoms with Gasteiger partial charge in [-0.15, -0.1) is 0 Å². The summed E-state index contributed by atoms with van der Waals surface area (Å²) >= 11 is 0. The third-order valence-electron chi connectivity index (χ3n) is 5.17. The minimum atomic E-state index is -0.320. The highest BCUT2D eigenvalue weighted by atomic mass is 16.6. The van der Waals surface area contributed by atoms with E-state index in [1.54, 1.807) is 6.20 Å². The number of rotatable bonds is 0. The Kier molecular flexibility index (Phi) is 5.09. The molecule has 0 unspecified atom stereocenters. The zero-order valence-corrected chi connectivity index (χ0v) is 15.4. The number of nitrogens with zero attached hydrogens (tertiary/aromatic N) is 2. The molecule has 3 atom stereocenters. The van der Waals surface area contributed by atoms with Crippen molar-refractivity contribution in [1.82, 2.24) is 20.5 Å². The Morgan fingerprint density at radius 1 is 1.22 bits per heavy atom. The van der Waals surface area contributed by atoms with Crippen molar-refractivity contribution in [3.8, 4) is 0 Å². The predicted octanol–water partition coefficient (Wildman–Crippen LogP) is 4.11.